The number of fused-ring (bicyclic) bond motifs is 3. The van der Waals surface area contributed by atoms with Crippen LogP contribution in [0.5, 0.6) is 0 Å². The number of rotatable bonds is 6. The van der Waals surface area contributed by atoms with Crippen LogP contribution < -0.4 is 0 Å². The third kappa shape index (κ3) is 5.02. The maximum atomic E-state index is 7.70. The number of methoxy groups -OCH3 is 1. The molecule has 8 atom stereocenters. The molecule has 0 saturated heterocycles. The second kappa shape index (κ2) is 11.2. The minimum absolute atomic E-state index is 0.253. The lowest BCUT2D eigenvalue weighted by Gasteiger charge is -2.56. The van der Waals surface area contributed by atoms with Gasteiger partial charge in [0.2, 0.25) is 0 Å². The first-order valence-electron chi connectivity index (χ1n) is 16.1. The second-order valence-corrected chi connectivity index (χ2v) is 13.9. The summed E-state index contributed by atoms with van der Waals surface area (Å²) in [5.41, 5.74) is 1.13. The highest BCUT2D eigenvalue weighted by Crippen LogP contribution is 2.56. The fourth-order valence-corrected chi connectivity index (χ4v) is 9.86. The molecule has 1 aromatic rings. The monoisotopic (exact) mass is 507 g/mol. The van der Waals surface area contributed by atoms with Crippen molar-refractivity contribution in [3.63, 3.8) is 0 Å². The van der Waals surface area contributed by atoms with Gasteiger partial charge in [-0.15, -0.1) is 0 Å². The standard InChI is InChI=1S/C34H53NO2/c1-24(21-25-11-6-4-7-12-25)31-23-26-22-28(36-3)16-17-29(26)33-30(31)18-19-34(37-33,27-13-8-5-9-14-27)32-15-10-20-35(32)2/h10,15,18-20,24-31,33H,4-9,11-14,16-17,21-23H2,1-3H3. The highest BCUT2D eigenvalue weighted by atomic mass is 16.5. The third-order valence-electron chi connectivity index (χ3n) is 11.8. The molecule has 0 amide bonds. The maximum Gasteiger partial charge on any atom is 0.129 e. The lowest BCUT2D eigenvalue weighted by atomic mass is 9.56. The molecule has 1 aromatic heterocycles. The SMILES string of the molecule is COC1CCC2C(C1)CC(C(C)CC1CCCCC1)C1C=CC(c3cccn3C)(C3CCCCC3)OC12. The van der Waals surface area contributed by atoms with Crippen LogP contribution >= 0.6 is 0 Å². The number of aromatic nitrogens is 1. The van der Waals surface area contributed by atoms with Crippen LogP contribution in [0.1, 0.15) is 109 Å². The van der Waals surface area contributed by atoms with Gasteiger partial charge in [-0.2, -0.15) is 0 Å². The van der Waals surface area contributed by atoms with Crippen molar-refractivity contribution in [3.05, 3.63) is 36.2 Å². The molecule has 4 aliphatic carbocycles. The van der Waals surface area contributed by atoms with Crippen molar-refractivity contribution >= 4 is 0 Å². The quantitative estimate of drug-likeness (QED) is 0.361. The van der Waals surface area contributed by atoms with E-state index in [-0.39, 0.29) is 5.60 Å². The van der Waals surface area contributed by atoms with Crippen molar-refractivity contribution in [3.8, 4) is 0 Å². The van der Waals surface area contributed by atoms with Gasteiger partial charge in [0.15, 0.2) is 0 Å². The molecule has 206 valence electrons. The first kappa shape index (κ1) is 26.2. The largest absolute Gasteiger partial charge is 0.381 e. The highest BCUT2D eigenvalue weighted by Gasteiger charge is 2.54. The van der Waals surface area contributed by atoms with Gasteiger partial charge in [-0.3, -0.25) is 0 Å². The van der Waals surface area contributed by atoms with Crippen LogP contribution in [0.2, 0.25) is 0 Å². The Labute approximate surface area is 226 Å². The molecule has 0 bridgehead atoms. The van der Waals surface area contributed by atoms with Gasteiger partial charge in [0.1, 0.15) is 5.60 Å². The van der Waals surface area contributed by atoms with Crippen molar-refractivity contribution in [2.24, 2.45) is 48.5 Å². The van der Waals surface area contributed by atoms with Crippen LogP contribution in [0.4, 0.5) is 0 Å². The average Bonchev–Trinajstić information content (AvgIpc) is 3.39. The molecule has 0 radical (unpaired) electrons. The fraction of sp³-hybridized carbons (Fsp3) is 0.824. The van der Waals surface area contributed by atoms with Crippen molar-refractivity contribution in [2.45, 2.75) is 121 Å². The fourth-order valence-electron chi connectivity index (χ4n) is 9.86. The highest BCUT2D eigenvalue weighted by molar-refractivity contribution is 5.28. The normalized spacial score (nSPS) is 40.2. The van der Waals surface area contributed by atoms with E-state index < -0.39 is 0 Å². The molecule has 0 spiro atoms. The first-order valence-corrected chi connectivity index (χ1v) is 16.1. The summed E-state index contributed by atoms with van der Waals surface area (Å²) < 4.78 is 16.0. The van der Waals surface area contributed by atoms with Gasteiger partial charge >= 0.3 is 0 Å². The summed E-state index contributed by atoms with van der Waals surface area (Å²) in [5.74, 6) is 5.10. The summed E-state index contributed by atoms with van der Waals surface area (Å²) in [6.45, 7) is 2.60. The minimum atomic E-state index is -0.253. The summed E-state index contributed by atoms with van der Waals surface area (Å²) in [7, 11) is 4.16. The van der Waals surface area contributed by atoms with Gasteiger partial charge < -0.3 is 14.0 Å². The molecule has 1 aliphatic heterocycles. The Bertz CT molecular complexity index is 909. The summed E-state index contributed by atoms with van der Waals surface area (Å²) in [6.07, 6.45) is 28.8. The van der Waals surface area contributed by atoms with E-state index in [1.165, 1.54) is 102 Å². The van der Waals surface area contributed by atoms with Crippen molar-refractivity contribution in [1.82, 2.24) is 4.57 Å². The van der Waals surface area contributed by atoms with Crippen LogP contribution in [0, 0.1) is 41.4 Å². The lowest BCUT2D eigenvalue weighted by molar-refractivity contribution is -0.198. The Morgan fingerprint density at radius 2 is 1.76 bits per heavy atom. The summed E-state index contributed by atoms with van der Waals surface area (Å²) in [6, 6.07) is 4.58. The zero-order chi connectivity index (χ0) is 25.4. The Hall–Kier alpha value is -1.06. The number of ether oxygens (including phenoxy) is 2. The number of nitrogens with zero attached hydrogens (tertiary/aromatic N) is 1. The van der Waals surface area contributed by atoms with E-state index in [0.717, 1.165) is 23.7 Å². The summed E-state index contributed by atoms with van der Waals surface area (Å²) >= 11 is 0. The molecule has 3 nitrogen and oxygen atoms in total. The predicted octanol–water partition coefficient (Wildman–Crippen LogP) is 8.43. The Morgan fingerprint density at radius 3 is 2.46 bits per heavy atom. The molecule has 8 unspecified atom stereocenters. The van der Waals surface area contributed by atoms with E-state index in [9.17, 15) is 0 Å². The smallest absolute Gasteiger partial charge is 0.129 e. The van der Waals surface area contributed by atoms with Gasteiger partial charge in [-0.25, -0.2) is 0 Å². The number of aryl methyl sites for hydroxylation is 1. The molecular weight excluding hydrogens is 454 g/mol. The average molecular weight is 508 g/mol. The van der Waals surface area contributed by atoms with E-state index in [1.54, 1.807) is 0 Å². The van der Waals surface area contributed by atoms with E-state index in [0.29, 0.717) is 30.0 Å². The van der Waals surface area contributed by atoms with Crippen molar-refractivity contribution in [1.29, 1.82) is 0 Å². The second-order valence-electron chi connectivity index (χ2n) is 13.9. The minimum Gasteiger partial charge on any atom is -0.381 e. The van der Waals surface area contributed by atoms with Crippen LogP contribution in [-0.4, -0.2) is 23.9 Å². The van der Waals surface area contributed by atoms with Crippen LogP contribution in [0.25, 0.3) is 0 Å². The summed E-state index contributed by atoms with van der Waals surface area (Å²) in [4.78, 5) is 0. The maximum absolute atomic E-state index is 7.70. The van der Waals surface area contributed by atoms with Gasteiger partial charge in [-0.05, 0) is 92.6 Å². The van der Waals surface area contributed by atoms with Gasteiger partial charge in [0.05, 0.1) is 17.9 Å². The topological polar surface area (TPSA) is 23.4 Å². The van der Waals surface area contributed by atoms with Gasteiger partial charge in [-0.1, -0.05) is 70.4 Å². The molecular formula is C34H53NO2. The van der Waals surface area contributed by atoms with Crippen LogP contribution in [0.15, 0.2) is 30.5 Å². The molecule has 2 heterocycles. The molecule has 5 aliphatic rings. The van der Waals surface area contributed by atoms with Gasteiger partial charge in [0, 0.05) is 26.3 Å². The number of hydrogen-bond donors (Lipinski definition) is 0. The first-order chi connectivity index (χ1) is 18.1. The zero-order valence-electron chi connectivity index (χ0n) is 24.0. The molecule has 4 fully saturated rings. The molecule has 37 heavy (non-hydrogen) atoms. The van der Waals surface area contributed by atoms with Crippen LogP contribution in [-0.2, 0) is 22.1 Å². The molecule has 0 N–H and O–H groups in total. The van der Waals surface area contributed by atoms with E-state index >= 15 is 0 Å². The molecule has 4 saturated carbocycles. The molecule has 0 aromatic carbocycles. The zero-order valence-corrected chi connectivity index (χ0v) is 24.0. The Balaban J connectivity index is 1.34. The number of hydrogen-bond acceptors (Lipinski definition) is 2. The third-order valence-corrected chi connectivity index (χ3v) is 11.8. The Kier molecular flexibility index (Phi) is 7.93. The van der Waals surface area contributed by atoms with E-state index in [2.05, 4.69) is 49.0 Å². The van der Waals surface area contributed by atoms with E-state index in [4.69, 9.17) is 9.47 Å². The van der Waals surface area contributed by atoms with Crippen molar-refractivity contribution in [2.75, 3.05) is 7.11 Å². The molecule has 6 rings (SSSR count). The van der Waals surface area contributed by atoms with Crippen LogP contribution in [0.3, 0.4) is 0 Å². The van der Waals surface area contributed by atoms with E-state index in [1.807, 2.05) is 7.11 Å². The summed E-state index contributed by atoms with van der Waals surface area (Å²) in [5, 5.41) is 0. The Morgan fingerprint density at radius 1 is 1.00 bits per heavy atom. The molecule has 3 heteroatoms. The van der Waals surface area contributed by atoms with Gasteiger partial charge in [0.25, 0.3) is 0 Å². The lowest BCUT2D eigenvalue weighted by Crippen LogP contribution is -2.56. The predicted molar refractivity (Wildman–Crippen MR) is 151 cm³/mol. The van der Waals surface area contributed by atoms with Crippen molar-refractivity contribution < 1.29 is 9.47 Å².